The maximum absolute atomic E-state index is 12.0. The van der Waals surface area contributed by atoms with Crippen LogP contribution in [0, 0.1) is 0 Å². The SMILES string of the molecule is CSc1ncc(Cl)c(C(=O)Nc2ccncc2)n1. The van der Waals surface area contributed by atoms with Crippen molar-refractivity contribution in [3.8, 4) is 0 Å². The van der Waals surface area contributed by atoms with Gasteiger partial charge in [0, 0.05) is 18.1 Å². The van der Waals surface area contributed by atoms with Gasteiger partial charge >= 0.3 is 0 Å². The number of rotatable bonds is 3. The van der Waals surface area contributed by atoms with Crippen LogP contribution in [-0.2, 0) is 0 Å². The molecule has 0 atom stereocenters. The van der Waals surface area contributed by atoms with E-state index in [2.05, 4.69) is 20.3 Å². The lowest BCUT2D eigenvalue weighted by Crippen LogP contribution is -2.15. The highest BCUT2D eigenvalue weighted by molar-refractivity contribution is 7.98. The van der Waals surface area contributed by atoms with Gasteiger partial charge in [-0.2, -0.15) is 0 Å². The number of hydrogen-bond donors (Lipinski definition) is 1. The van der Waals surface area contributed by atoms with Crippen molar-refractivity contribution in [2.24, 2.45) is 0 Å². The number of thioether (sulfide) groups is 1. The van der Waals surface area contributed by atoms with Gasteiger partial charge in [-0.25, -0.2) is 9.97 Å². The number of halogens is 1. The van der Waals surface area contributed by atoms with Gasteiger partial charge < -0.3 is 5.32 Å². The van der Waals surface area contributed by atoms with Crippen LogP contribution < -0.4 is 5.32 Å². The van der Waals surface area contributed by atoms with Gasteiger partial charge in [-0.3, -0.25) is 9.78 Å². The molecule has 2 rings (SSSR count). The Labute approximate surface area is 113 Å². The molecule has 0 aliphatic carbocycles. The minimum absolute atomic E-state index is 0.160. The van der Waals surface area contributed by atoms with Gasteiger partial charge in [0.2, 0.25) is 0 Å². The Hall–Kier alpha value is -1.66. The zero-order chi connectivity index (χ0) is 13.0. The summed E-state index contributed by atoms with van der Waals surface area (Å²) < 4.78 is 0. The van der Waals surface area contributed by atoms with Gasteiger partial charge in [0.25, 0.3) is 5.91 Å². The first kappa shape index (κ1) is 12.8. The van der Waals surface area contributed by atoms with Crippen molar-refractivity contribution in [3.63, 3.8) is 0 Å². The maximum Gasteiger partial charge on any atom is 0.275 e. The molecule has 7 heteroatoms. The summed E-state index contributed by atoms with van der Waals surface area (Å²) in [5, 5.41) is 3.41. The molecule has 5 nitrogen and oxygen atoms in total. The Morgan fingerprint density at radius 1 is 1.39 bits per heavy atom. The summed E-state index contributed by atoms with van der Waals surface area (Å²) in [5.74, 6) is -0.371. The molecular formula is C11H9ClN4OS. The molecule has 1 N–H and O–H groups in total. The first-order valence-electron chi connectivity index (χ1n) is 4.98. The number of anilines is 1. The van der Waals surface area contributed by atoms with E-state index in [4.69, 9.17) is 11.6 Å². The van der Waals surface area contributed by atoms with Crippen LogP contribution in [0.1, 0.15) is 10.5 Å². The molecule has 2 aromatic rings. The second-order valence-electron chi connectivity index (χ2n) is 3.24. The van der Waals surface area contributed by atoms with E-state index in [1.807, 2.05) is 6.26 Å². The molecule has 0 saturated carbocycles. The largest absolute Gasteiger partial charge is 0.320 e. The van der Waals surface area contributed by atoms with E-state index in [-0.39, 0.29) is 16.6 Å². The van der Waals surface area contributed by atoms with E-state index < -0.39 is 0 Å². The third-order valence-corrected chi connectivity index (χ3v) is 2.90. The van der Waals surface area contributed by atoms with Crippen molar-refractivity contribution < 1.29 is 4.79 Å². The zero-order valence-corrected chi connectivity index (χ0v) is 11.0. The Balaban J connectivity index is 2.23. The molecular weight excluding hydrogens is 272 g/mol. The molecule has 0 bridgehead atoms. The molecule has 0 fully saturated rings. The lowest BCUT2D eigenvalue weighted by Gasteiger charge is -2.06. The molecule has 2 heterocycles. The fourth-order valence-corrected chi connectivity index (χ4v) is 1.75. The Morgan fingerprint density at radius 3 is 2.78 bits per heavy atom. The first-order valence-corrected chi connectivity index (χ1v) is 6.59. The third kappa shape index (κ3) is 2.96. The number of nitrogens with one attached hydrogen (secondary N) is 1. The van der Waals surface area contributed by atoms with E-state index in [0.29, 0.717) is 10.8 Å². The number of aromatic nitrogens is 3. The molecule has 0 aliphatic rings. The van der Waals surface area contributed by atoms with Crippen LogP contribution in [0.5, 0.6) is 0 Å². The average Bonchev–Trinajstić information content (AvgIpc) is 2.40. The summed E-state index contributed by atoms with van der Waals surface area (Å²) in [6.07, 6.45) is 6.42. The summed E-state index contributed by atoms with van der Waals surface area (Å²) in [5.41, 5.74) is 0.795. The van der Waals surface area contributed by atoms with Gasteiger partial charge in [0.15, 0.2) is 10.9 Å². The topological polar surface area (TPSA) is 67.8 Å². The van der Waals surface area contributed by atoms with Crippen LogP contribution in [0.25, 0.3) is 0 Å². The fraction of sp³-hybridized carbons (Fsp3) is 0.0909. The third-order valence-electron chi connectivity index (χ3n) is 2.06. The molecule has 0 radical (unpaired) electrons. The molecule has 2 aromatic heterocycles. The van der Waals surface area contributed by atoms with E-state index in [1.54, 1.807) is 24.5 Å². The van der Waals surface area contributed by atoms with Gasteiger partial charge in [-0.05, 0) is 18.4 Å². The first-order chi connectivity index (χ1) is 8.70. The van der Waals surface area contributed by atoms with Crippen LogP contribution in [0.4, 0.5) is 5.69 Å². The lowest BCUT2D eigenvalue weighted by atomic mass is 10.3. The summed E-state index contributed by atoms with van der Waals surface area (Å²) in [6, 6.07) is 3.37. The van der Waals surface area contributed by atoms with Crippen LogP contribution in [-0.4, -0.2) is 27.1 Å². The molecule has 0 spiro atoms. The molecule has 0 saturated heterocycles. The van der Waals surface area contributed by atoms with Crippen LogP contribution in [0.2, 0.25) is 5.02 Å². The summed E-state index contributed by atoms with van der Waals surface area (Å²) in [6.45, 7) is 0. The van der Waals surface area contributed by atoms with Crippen molar-refractivity contribution in [1.82, 2.24) is 15.0 Å². The highest BCUT2D eigenvalue weighted by atomic mass is 35.5. The number of hydrogen-bond acceptors (Lipinski definition) is 5. The van der Waals surface area contributed by atoms with Gasteiger partial charge in [0.05, 0.1) is 11.2 Å². The van der Waals surface area contributed by atoms with E-state index in [1.165, 1.54) is 18.0 Å². The number of pyridine rings is 1. The molecule has 1 amide bonds. The Bertz CT molecular complexity index is 564. The van der Waals surface area contributed by atoms with E-state index >= 15 is 0 Å². The van der Waals surface area contributed by atoms with Gasteiger partial charge in [-0.1, -0.05) is 23.4 Å². The summed E-state index contributed by atoms with van der Waals surface area (Å²) in [7, 11) is 0. The van der Waals surface area contributed by atoms with E-state index in [0.717, 1.165) is 0 Å². The molecule has 0 aliphatic heterocycles. The molecule has 0 unspecified atom stereocenters. The van der Waals surface area contributed by atoms with Gasteiger partial charge in [0.1, 0.15) is 0 Å². The van der Waals surface area contributed by atoms with Crippen LogP contribution in [0.15, 0.2) is 35.9 Å². The Kier molecular flexibility index (Phi) is 4.11. The number of nitrogens with zero attached hydrogens (tertiary/aromatic N) is 3. The fourth-order valence-electron chi connectivity index (χ4n) is 1.23. The quantitative estimate of drug-likeness (QED) is 0.691. The van der Waals surface area contributed by atoms with E-state index in [9.17, 15) is 4.79 Å². The van der Waals surface area contributed by atoms with Crippen molar-refractivity contribution in [2.45, 2.75) is 5.16 Å². The maximum atomic E-state index is 12.0. The predicted octanol–water partition coefficient (Wildman–Crippen LogP) is 2.50. The number of carbonyl (C=O) groups excluding carboxylic acids is 1. The normalized spacial score (nSPS) is 10.1. The second-order valence-corrected chi connectivity index (χ2v) is 4.42. The summed E-state index contributed by atoms with van der Waals surface area (Å²) >= 11 is 7.25. The number of carbonyl (C=O) groups is 1. The van der Waals surface area contributed by atoms with Crippen molar-refractivity contribution in [1.29, 1.82) is 0 Å². The molecule has 92 valence electrons. The number of amides is 1. The monoisotopic (exact) mass is 280 g/mol. The van der Waals surface area contributed by atoms with Crippen molar-refractivity contribution in [2.75, 3.05) is 11.6 Å². The average molecular weight is 281 g/mol. The second kappa shape index (κ2) is 5.79. The lowest BCUT2D eigenvalue weighted by molar-refractivity contribution is 0.102. The molecule has 0 aromatic carbocycles. The van der Waals surface area contributed by atoms with Crippen LogP contribution >= 0.6 is 23.4 Å². The summed E-state index contributed by atoms with van der Waals surface area (Å²) in [4.78, 5) is 23.9. The standard InChI is InChI=1S/C11H9ClN4OS/c1-18-11-14-6-8(12)9(16-11)10(17)15-7-2-4-13-5-3-7/h2-6H,1H3,(H,13,15,17). The highest BCUT2D eigenvalue weighted by Gasteiger charge is 2.14. The smallest absolute Gasteiger partial charge is 0.275 e. The van der Waals surface area contributed by atoms with Crippen molar-refractivity contribution >= 4 is 35.0 Å². The zero-order valence-electron chi connectivity index (χ0n) is 9.42. The minimum atomic E-state index is -0.371. The highest BCUT2D eigenvalue weighted by Crippen LogP contribution is 2.17. The van der Waals surface area contributed by atoms with Gasteiger partial charge in [-0.15, -0.1) is 0 Å². The van der Waals surface area contributed by atoms with Crippen molar-refractivity contribution in [3.05, 3.63) is 41.4 Å². The predicted molar refractivity (Wildman–Crippen MR) is 71.0 cm³/mol. The Morgan fingerprint density at radius 2 is 2.11 bits per heavy atom. The molecule has 18 heavy (non-hydrogen) atoms. The minimum Gasteiger partial charge on any atom is -0.320 e. The van der Waals surface area contributed by atoms with Crippen LogP contribution in [0.3, 0.4) is 0 Å².